The van der Waals surface area contributed by atoms with Gasteiger partial charge in [-0.15, -0.1) is 24.0 Å². The van der Waals surface area contributed by atoms with E-state index in [0.29, 0.717) is 18.1 Å². The second-order valence-electron chi connectivity index (χ2n) is 6.80. The monoisotopic (exact) mass is 455 g/mol. The van der Waals surface area contributed by atoms with Gasteiger partial charge in [0, 0.05) is 52.4 Å². The van der Waals surface area contributed by atoms with Gasteiger partial charge in [-0.1, -0.05) is 13.8 Å². The van der Waals surface area contributed by atoms with E-state index in [9.17, 15) is 0 Å². The highest BCUT2D eigenvalue weighted by Crippen LogP contribution is 2.10. The number of aliphatic imine (C=N–C) groups is 1. The molecule has 144 valence electrons. The maximum absolute atomic E-state index is 5.79. The van der Waals surface area contributed by atoms with Gasteiger partial charge in [0.25, 0.3) is 0 Å². The topological polar surface area (TPSA) is 52.1 Å². The van der Waals surface area contributed by atoms with Crippen LogP contribution in [-0.4, -0.2) is 88.4 Å². The summed E-state index contributed by atoms with van der Waals surface area (Å²) in [5.41, 5.74) is 0. The van der Waals surface area contributed by atoms with Gasteiger partial charge in [0.15, 0.2) is 5.96 Å². The van der Waals surface area contributed by atoms with Gasteiger partial charge in [-0.3, -0.25) is 9.89 Å². The predicted molar refractivity (Wildman–Crippen MR) is 114 cm³/mol. The van der Waals surface area contributed by atoms with Crippen LogP contribution < -0.4 is 10.6 Å². The maximum Gasteiger partial charge on any atom is 0.191 e. The highest BCUT2D eigenvalue weighted by atomic mass is 127. The summed E-state index contributed by atoms with van der Waals surface area (Å²) in [5, 5.41) is 6.86. The molecule has 0 aromatic rings. The molecular weight excluding hydrogens is 417 g/mol. The molecule has 0 aliphatic carbocycles. The van der Waals surface area contributed by atoms with Crippen molar-refractivity contribution < 1.29 is 4.74 Å². The van der Waals surface area contributed by atoms with E-state index in [-0.39, 0.29) is 24.0 Å². The Kier molecular flexibility index (Phi) is 13.1. The molecule has 0 aromatic heterocycles. The third kappa shape index (κ3) is 8.82. The number of nitrogens with one attached hydrogen (secondary N) is 2. The van der Waals surface area contributed by atoms with Crippen molar-refractivity contribution in [2.24, 2.45) is 10.9 Å². The summed E-state index contributed by atoms with van der Waals surface area (Å²) in [4.78, 5) is 9.13. The Hall–Kier alpha value is -0.120. The van der Waals surface area contributed by atoms with Crippen LogP contribution in [0, 0.1) is 5.92 Å². The molecular formula is C17H38IN5O. The predicted octanol–water partition coefficient (Wildman–Crippen LogP) is 1.47. The minimum absolute atomic E-state index is 0. The van der Waals surface area contributed by atoms with Crippen molar-refractivity contribution in [1.29, 1.82) is 0 Å². The molecule has 24 heavy (non-hydrogen) atoms. The maximum atomic E-state index is 5.79. The fraction of sp³-hybridized carbons (Fsp3) is 0.941. The van der Waals surface area contributed by atoms with Crippen molar-refractivity contribution in [2.45, 2.75) is 39.3 Å². The van der Waals surface area contributed by atoms with Gasteiger partial charge in [0.05, 0.1) is 6.10 Å². The molecule has 0 saturated carbocycles. The van der Waals surface area contributed by atoms with Crippen molar-refractivity contribution in [3.63, 3.8) is 0 Å². The minimum atomic E-state index is 0. The highest BCUT2D eigenvalue weighted by Gasteiger charge is 2.22. The van der Waals surface area contributed by atoms with E-state index in [0.717, 1.165) is 51.7 Å². The number of likely N-dealkylation sites (N-methyl/N-ethyl adjacent to an activating group) is 2. The van der Waals surface area contributed by atoms with Crippen LogP contribution in [-0.2, 0) is 4.74 Å². The number of hydrogen-bond donors (Lipinski definition) is 2. The minimum Gasteiger partial charge on any atom is -0.378 e. The Bertz CT molecular complexity index is 354. The largest absolute Gasteiger partial charge is 0.378 e. The Labute approximate surface area is 165 Å². The van der Waals surface area contributed by atoms with Gasteiger partial charge >= 0.3 is 0 Å². The summed E-state index contributed by atoms with van der Waals surface area (Å²) >= 11 is 0. The van der Waals surface area contributed by atoms with Crippen molar-refractivity contribution in [3.8, 4) is 0 Å². The summed E-state index contributed by atoms with van der Waals surface area (Å²) in [6, 6.07) is 0.527. The fourth-order valence-electron chi connectivity index (χ4n) is 2.91. The first-order chi connectivity index (χ1) is 11.0. The van der Waals surface area contributed by atoms with E-state index in [1.165, 1.54) is 0 Å². The number of ether oxygens (including phenoxy) is 1. The molecule has 7 heteroatoms. The number of hydrogen-bond acceptors (Lipinski definition) is 4. The quantitative estimate of drug-likeness (QED) is 0.330. The summed E-state index contributed by atoms with van der Waals surface area (Å²) in [6.07, 6.45) is 1.31. The van der Waals surface area contributed by atoms with Gasteiger partial charge < -0.3 is 20.3 Å². The first-order valence-electron chi connectivity index (χ1n) is 8.92. The fourth-order valence-corrected chi connectivity index (χ4v) is 2.91. The summed E-state index contributed by atoms with van der Waals surface area (Å²) in [7, 11) is 6.21. The van der Waals surface area contributed by atoms with Gasteiger partial charge in [0.2, 0.25) is 0 Å². The molecule has 1 fully saturated rings. The van der Waals surface area contributed by atoms with Crippen LogP contribution in [0.2, 0.25) is 0 Å². The number of piperazine rings is 1. The zero-order valence-electron chi connectivity index (χ0n) is 16.3. The second-order valence-corrected chi connectivity index (χ2v) is 6.80. The number of halogens is 1. The van der Waals surface area contributed by atoms with Gasteiger partial charge in [0.1, 0.15) is 0 Å². The molecule has 1 rings (SSSR count). The first-order valence-corrected chi connectivity index (χ1v) is 8.92. The van der Waals surface area contributed by atoms with Crippen LogP contribution >= 0.6 is 24.0 Å². The van der Waals surface area contributed by atoms with E-state index in [4.69, 9.17) is 4.74 Å². The van der Waals surface area contributed by atoms with Gasteiger partial charge in [-0.25, -0.2) is 0 Å². The van der Waals surface area contributed by atoms with Crippen LogP contribution in [0.1, 0.15) is 27.2 Å². The molecule has 1 aliphatic heterocycles. The molecule has 0 spiro atoms. The Balaban J connectivity index is 0.00000529. The average molecular weight is 455 g/mol. The summed E-state index contributed by atoms with van der Waals surface area (Å²) in [5.74, 6) is 1.42. The van der Waals surface area contributed by atoms with E-state index in [2.05, 4.69) is 60.3 Å². The molecule has 2 N–H and O–H groups in total. The van der Waals surface area contributed by atoms with Crippen LogP contribution in [0.3, 0.4) is 0 Å². The van der Waals surface area contributed by atoms with E-state index < -0.39 is 0 Å². The lowest BCUT2D eigenvalue weighted by molar-refractivity contribution is 0.0258. The van der Waals surface area contributed by atoms with E-state index >= 15 is 0 Å². The van der Waals surface area contributed by atoms with E-state index in [1.807, 2.05) is 7.05 Å². The van der Waals surface area contributed by atoms with Crippen LogP contribution in [0.4, 0.5) is 0 Å². The Morgan fingerprint density at radius 3 is 2.54 bits per heavy atom. The van der Waals surface area contributed by atoms with Crippen LogP contribution in [0.15, 0.2) is 4.99 Å². The van der Waals surface area contributed by atoms with Crippen molar-refractivity contribution >= 4 is 29.9 Å². The van der Waals surface area contributed by atoms with Crippen LogP contribution in [0.5, 0.6) is 0 Å². The van der Waals surface area contributed by atoms with E-state index in [1.54, 1.807) is 0 Å². The third-order valence-corrected chi connectivity index (χ3v) is 4.55. The highest BCUT2D eigenvalue weighted by molar-refractivity contribution is 14.0. The first kappa shape index (κ1) is 23.9. The smallest absolute Gasteiger partial charge is 0.191 e. The molecule has 2 atom stereocenters. The molecule has 0 radical (unpaired) electrons. The number of guanidine groups is 1. The normalized spacial score (nSPS) is 21.5. The molecule has 0 amide bonds. The third-order valence-electron chi connectivity index (χ3n) is 4.55. The molecule has 0 bridgehead atoms. The molecule has 1 aliphatic rings. The zero-order chi connectivity index (χ0) is 17.2. The van der Waals surface area contributed by atoms with Gasteiger partial charge in [-0.2, -0.15) is 0 Å². The van der Waals surface area contributed by atoms with Crippen molar-refractivity contribution in [1.82, 2.24) is 20.4 Å². The second kappa shape index (κ2) is 13.1. The summed E-state index contributed by atoms with van der Waals surface area (Å²) < 4.78 is 5.79. The zero-order valence-corrected chi connectivity index (χ0v) is 18.7. The number of rotatable bonds is 8. The molecule has 0 aromatic carbocycles. The lowest BCUT2D eigenvalue weighted by atomic mass is 10.0. The van der Waals surface area contributed by atoms with Gasteiger partial charge in [-0.05, 0) is 33.4 Å². The molecule has 1 heterocycles. The lowest BCUT2D eigenvalue weighted by Gasteiger charge is -2.38. The van der Waals surface area contributed by atoms with Crippen molar-refractivity contribution in [3.05, 3.63) is 0 Å². The molecule has 6 nitrogen and oxygen atoms in total. The summed E-state index contributed by atoms with van der Waals surface area (Å²) in [6.45, 7) is 12.4. The van der Waals surface area contributed by atoms with Crippen LogP contribution in [0.25, 0.3) is 0 Å². The standard InChI is InChI=1S/C17H37N5O.HI/c1-7-23-16(14(2)3)8-9-19-17(18-4)20-12-15-13-21(5)10-11-22(15)6;/h14-16H,7-13H2,1-6H3,(H2,18,19,20);1H. The number of nitrogens with zero attached hydrogens (tertiary/aromatic N) is 3. The van der Waals surface area contributed by atoms with Crippen molar-refractivity contribution in [2.75, 3.05) is 60.5 Å². The lowest BCUT2D eigenvalue weighted by Crippen LogP contribution is -2.55. The molecule has 2 unspecified atom stereocenters. The molecule has 1 saturated heterocycles. The SMILES string of the molecule is CCOC(CCNC(=NC)NCC1CN(C)CCN1C)C(C)C.I. The Morgan fingerprint density at radius 2 is 1.96 bits per heavy atom. The Morgan fingerprint density at radius 1 is 1.25 bits per heavy atom. The average Bonchev–Trinajstić information content (AvgIpc) is 2.52.